The predicted octanol–water partition coefficient (Wildman–Crippen LogP) is 2.13. The van der Waals surface area contributed by atoms with Gasteiger partial charge in [0.1, 0.15) is 0 Å². The Morgan fingerprint density at radius 2 is 2.31 bits per heavy atom. The van der Waals surface area contributed by atoms with Crippen LogP contribution >= 0.6 is 0 Å². The second kappa shape index (κ2) is 8.02. The van der Waals surface area contributed by atoms with Crippen LogP contribution in [0.5, 0.6) is 0 Å². The van der Waals surface area contributed by atoms with E-state index in [1.807, 2.05) is 19.9 Å². The van der Waals surface area contributed by atoms with Crippen molar-refractivity contribution in [2.75, 3.05) is 19.7 Å². The van der Waals surface area contributed by atoms with Gasteiger partial charge >= 0.3 is 0 Å². The lowest BCUT2D eigenvalue weighted by molar-refractivity contribution is 0.0884. The summed E-state index contributed by atoms with van der Waals surface area (Å²) in [6.07, 6.45) is 3.07. The molecule has 0 fully saturated rings. The average Bonchev–Trinajstić information content (AvgIpc) is 2.10. The quantitative estimate of drug-likeness (QED) is 0.460. The van der Waals surface area contributed by atoms with Crippen LogP contribution < -0.4 is 5.32 Å². The van der Waals surface area contributed by atoms with E-state index in [4.69, 9.17) is 4.74 Å². The molecule has 0 rings (SSSR count). The van der Waals surface area contributed by atoms with Crippen molar-refractivity contribution in [2.24, 2.45) is 0 Å². The molecule has 1 N–H and O–H groups in total. The van der Waals surface area contributed by atoms with Crippen LogP contribution in [0.4, 0.5) is 0 Å². The molecule has 0 aromatic carbocycles. The normalized spacial score (nSPS) is 12.5. The van der Waals surface area contributed by atoms with Crippen molar-refractivity contribution in [1.82, 2.24) is 5.32 Å². The van der Waals surface area contributed by atoms with Crippen LogP contribution in [0.2, 0.25) is 0 Å². The van der Waals surface area contributed by atoms with Crippen molar-refractivity contribution in [2.45, 2.75) is 26.4 Å². The van der Waals surface area contributed by atoms with E-state index in [1.54, 1.807) is 0 Å². The molecular formula is C11H21NO. The molecular weight excluding hydrogens is 162 g/mol. The second-order valence-corrected chi connectivity index (χ2v) is 3.21. The van der Waals surface area contributed by atoms with Crippen molar-refractivity contribution in [1.29, 1.82) is 0 Å². The number of nitrogens with one attached hydrogen (secondary N) is 1. The van der Waals surface area contributed by atoms with Crippen molar-refractivity contribution in [3.8, 4) is 0 Å². The first-order valence-electron chi connectivity index (χ1n) is 4.77. The third-order valence-electron chi connectivity index (χ3n) is 1.85. The molecule has 76 valence electrons. The zero-order chi connectivity index (χ0) is 10.1. The van der Waals surface area contributed by atoms with Crippen LogP contribution in [-0.4, -0.2) is 25.8 Å². The van der Waals surface area contributed by atoms with E-state index in [0.717, 1.165) is 31.7 Å². The molecule has 0 bridgehead atoms. The average molecular weight is 183 g/mol. The Bertz CT molecular complexity index is 154. The molecule has 0 spiro atoms. The van der Waals surface area contributed by atoms with Crippen molar-refractivity contribution < 1.29 is 4.74 Å². The van der Waals surface area contributed by atoms with E-state index in [9.17, 15) is 0 Å². The maximum Gasteiger partial charge on any atom is 0.0751 e. The second-order valence-electron chi connectivity index (χ2n) is 3.21. The molecule has 0 saturated heterocycles. The van der Waals surface area contributed by atoms with Gasteiger partial charge in [0.25, 0.3) is 0 Å². The highest BCUT2D eigenvalue weighted by atomic mass is 16.5. The topological polar surface area (TPSA) is 21.3 Å². The molecule has 0 aromatic rings. The van der Waals surface area contributed by atoms with Crippen LogP contribution in [0, 0.1) is 0 Å². The lowest BCUT2D eigenvalue weighted by Crippen LogP contribution is -2.18. The Hall–Kier alpha value is -0.600. The molecule has 0 aliphatic carbocycles. The molecule has 0 heterocycles. The van der Waals surface area contributed by atoms with Gasteiger partial charge < -0.3 is 10.1 Å². The fourth-order valence-electron chi connectivity index (χ4n) is 0.804. The number of hydrogen-bond acceptors (Lipinski definition) is 2. The molecule has 0 aliphatic rings. The van der Waals surface area contributed by atoms with Crippen molar-refractivity contribution in [3.05, 3.63) is 24.8 Å². The third kappa shape index (κ3) is 7.75. The summed E-state index contributed by atoms with van der Waals surface area (Å²) < 4.78 is 5.52. The zero-order valence-corrected chi connectivity index (χ0v) is 8.81. The van der Waals surface area contributed by atoms with E-state index in [-0.39, 0.29) is 6.10 Å². The van der Waals surface area contributed by atoms with E-state index < -0.39 is 0 Å². The first kappa shape index (κ1) is 12.4. The molecule has 13 heavy (non-hydrogen) atoms. The van der Waals surface area contributed by atoms with Crippen LogP contribution in [0.25, 0.3) is 0 Å². The zero-order valence-electron chi connectivity index (χ0n) is 8.81. The number of hydrogen-bond donors (Lipinski definition) is 1. The molecule has 0 aromatic heterocycles. The van der Waals surface area contributed by atoms with Crippen LogP contribution in [0.1, 0.15) is 20.3 Å². The summed E-state index contributed by atoms with van der Waals surface area (Å²) in [4.78, 5) is 0. The summed E-state index contributed by atoms with van der Waals surface area (Å²) in [5.41, 5.74) is 1.08. The highest BCUT2D eigenvalue weighted by molar-refractivity contribution is 4.95. The summed E-state index contributed by atoms with van der Waals surface area (Å²) in [5.74, 6) is 0. The van der Waals surface area contributed by atoms with Crippen LogP contribution in [-0.2, 0) is 4.74 Å². The molecule has 2 heteroatoms. The molecule has 0 amide bonds. The van der Waals surface area contributed by atoms with Gasteiger partial charge in [-0.3, -0.25) is 0 Å². The first-order chi connectivity index (χ1) is 6.18. The molecule has 0 radical (unpaired) electrons. The summed E-state index contributed by atoms with van der Waals surface area (Å²) in [6.45, 7) is 14.1. The van der Waals surface area contributed by atoms with Gasteiger partial charge in [0.05, 0.1) is 6.10 Å². The smallest absolute Gasteiger partial charge is 0.0751 e. The van der Waals surface area contributed by atoms with Gasteiger partial charge in [0.15, 0.2) is 0 Å². The first-order valence-corrected chi connectivity index (χ1v) is 4.77. The minimum Gasteiger partial charge on any atom is -0.374 e. The third-order valence-corrected chi connectivity index (χ3v) is 1.85. The lowest BCUT2D eigenvalue weighted by Gasteiger charge is -2.12. The SMILES string of the molecule is C=CCNCCCOC(C)C(=C)C. The van der Waals surface area contributed by atoms with Gasteiger partial charge in [0.2, 0.25) is 0 Å². The van der Waals surface area contributed by atoms with Crippen molar-refractivity contribution >= 4 is 0 Å². The Kier molecular flexibility index (Phi) is 7.65. The van der Waals surface area contributed by atoms with E-state index in [1.165, 1.54) is 0 Å². The standard InChI is InChI=1S/C11H21NO/c1-5-7-12-8-6-9-13-11(4)10(2)3/h5,11-12H,1-2,6-9H2,3-4H3. The Morgan fingerprint density at radius 1 is 1.62 bits per heavy atom. The maximum atomic E-state index is 5.52. The van der Waals surface area contributed by atoms with Gasteiger partial charge in [-0.15, -0.1) is 6.58 Å². The predicted molar refractivity (Wildman–Crippen MR) is 57.9 cm³/mol. The van der Waals surface area contributed by atoms with E-state index in [2.05, 4.69) is 18.5 Å². The molecule has 0 saturated carbocycles. The fraction of sp³-hybridized carbons (Fsp3) is 0.636. The molecule has 2 nitrogen and oxygen atoms in total. The summed E-state index contributed by atoms with van der Waals surface area (Å²) >= 11 is 0. The van der Waals surface area contributed by atoms with Gasteiger partial charge in [-0.05, 0) is 26.8 Å². The van der Waals surface area contributed by atoms with E-state index in [0.29, 0.717) is 0 Å². The largest absolute Gasteiger partial charge is 0.374 e. The summed E-state index contributed by atoms with van der Waals surface area (Å²) in [6, 6.07) is 0. The fourth-order valence-corrected chi connectivity index (χ4v) is 0.804. The Morgan fingerprint density at radius 3 is 2.85 bits per heavy atom. The minimum atomic E-state index is 0.180. The molecule has 0 aliphatic heterocycles. The number of ether oxygens (including phenoxy) is 1. The monoisotopic (exact) mass is 183 g/mol. The van der Waals surface area contributed by atoms with Gasteiger partial charge in [-0.1, -0.05) is 18.2 Å². The highest BCUT2D eigenvalue weighted by Crippen LogP contribution is 2.01. The lowest BCUT2D eigenvalue weighted by atomic mass is 10.2. The minimum absolute atomic E-state index is 0.180. The Balaban J connectivity index is 3.15. The van der Waals surface area contributed by atoms with E-state index >= 15 is 0 Å². The van der Waals surface area contributed by atoms with Crippen molar-refractivity contribution in [3.63, 3.8) is 0 Å². The number of rotatable bonds is 8. The Labute approximate surface area is 81.7 Å². The molecule has 1 unspecified atom stereocenters. The summed E-state index contributed by atoms with van der Waals surface area (Å²) in [5, 5.41) is 3.22. The van der Waals surface area contributed by atoms with Gasteiger partial charge in [-0.25, -0.2) is 0 Å². The van der Waals surface area contributed by atoms with Crippen LogP contribution in [0.15, 0.2) is 24.8 Å². The van der Waals surface area contributed by atoms with Gasteiger partial charge in [0, 0.05) is 13.2 Å². The molecule has 1 atom stereocenters. The maximum absolute atomic E-state index is 5.52. The van der Waals surface area contributed by atoms with Crippen LogP contribution in [0.3, 0.4) is 0 Å². The summed E-state index contributed by atoms with van der Waals surface area (Å²) in [7, 11) is 0. The van der Waals surface area contributed by atoms with Gasteiger partial charge in [-0.2, -0.15) is 0 Å². The highest BCUT2D eigenvalue weighted by Gasteiger charge is 2.00.